The molecule has 96 valence electrons. The standard InChI is InChI=1S/C13H21NO3/c15-12(14-7-6-9-4-5-9)10-2-1-3-11(8-10)13(16)17/h9-11H,1-8H2,(H,14,15)(H,16,17). The third-order valence-corrected chi connectivity index (χ3v) is 3.94. The number of aliphatic carboxylic acids is 1. The van der Waals surface area contributed by atoms with E-state index in [2.05, 4.69) is 5.32 Å². The lowest BCUT2D eigenvalue weighted by Gasteiger charge is -2.25. The monoisotopic (exact) mass is 239 g/mol. The lowest BCUT2D eigenvalue weighted by atomic mass is 9.81. The second-order valence-corrected chi connectivity index (χ2v) is 5.42. The third-order valence-electron chi connectivity index (χ3n) is 3.94. The van der Waals surface area contributed by atoms with E-state index in [0.29, 0.717) is 6.42 Å². The Morgan fingerprint density at radius 1 is 1.12 bits per heavy atom. The molecule has 2 aliphatic rings. The van der Waals surface area contributed by atoms with Gasteiger partial charge in [0.25, 0.3) is 0 Å². The number of amides is 1. The lowest BCUT2D eigenvalue weighted by Crippen LogP contribution is -2.36. The van der Waals surface area contributed by atoms with Crippen molar-refractivity contribution in [2.45, 2.75) is 44.9 Å². The zero-order chi connectivity index (χ0) is 12.3. The average Bonchev–Trinajstić information content (AvgIpc) is 3.13. The van der Waals surface area contributed by atoms with Gasteiger partial charge in [0.15, 0.2) is 0 Å². The molecule has 2 saturated carbocycles. The molecule has 0 heterocycles. The van der Waals surface area contributed by atoms with Crippen molar-refractivity contribution in [3.8, 4) is 0 Å². The Kier molecular flexibility index (Phi) is 4.02. The Bertz CT molecular complexity index is 299. The largest absolute Gasteiger partial charge is 0.481 e. The van der Waals surface area contributed by atoms with E-state index in [1.807, 2.05) is 0 Å². The molecule has 0 spiro atoms. The minimum absolute atomic E-state index is 0.0663. The zero-order valence-electron chi connectivity index (χ0n) is 10.2. The van der Waals surface area contributed by atoms with Crippen LogP contribution in [0.5, 0.6) is 0 Å². The van der Waals surface area contributed by atoms with Gasteiger partial charge in [0.1, 0.15) is 0 Å². The molecule has 2 aliphatic carbocycles. The molecule has 0 aromatic rings. The summed E-state index contributed by atoms with van der Waals surface area (Å²) in [6.45, 7) is 0.762. The number of rotatable bonds is 5. The first kappa shape index (κ1) is 12.4. The Morgan fingerprint density at radius 2 is 1.82 bits per heavy atom. The van der Waals surface area contributed by atoms with Gasteiger partial charge in [0, 0.05) is 12.5 Å². The van der Waals surface area contributed by atoms with Crippen LogP contribution in [-0.2, 0) is 9.59 Å². The van der Waals surface area contributed by atoms with Crippen LogP contribution in [-0.4, -0.2) is 23.5 Å². The van der Waals surface area contributed by atoms with Gasteiger partial charge in [0.2, 0.25) is 5.91 Å². The van der Waals surface area contributed by atoms with Crippen LogP contribution >= 0.6 is 0 Å². The van der Waals surface area contributed by atoms with Crippen molar-refractivity contribution in [3.63, 3.8) is 0 Å². The number of hydrogen-bond acceptors (Lipinski definition) is 2. The Hall–Kier alpha value is -1.06. The molecule has 17 heavy (non-hydrogen) atoms. The van der Waals surface area contributed by atoms with Gasteiger partial charge in [-0.2, -0.15) is 0 Å². The van der Waals surface area contributed by atoms with Crippen LogP contribution in [0.4, 0.5) is 0 Å². The quantitative estimate of drug-likeness (QED) is 0.768. The van der Waals surface area contributed by atoms with Gasteiger partial charge in [-0.1, -0.05) is 19.3 Å². The molecule has 4 nitrogen and oxygen atoms in total. The smallest absolute Gasteiger partial charge is 0.306 e. The minimum Gasteiger partial charge on any atom is -0.481 e. The van der Waals surface area contributed by atoms with Crippen LogP contribution in [0.2, 0.25) is 0 Å². The van der Waals surface area contributed by atoms with E-state index >= 15 is 0 Å². The summed E-state index contributed by atoms with van der Waals surface area (Å²) >= 11 is 0. The molecule has 0 bridgehead atoms. The highest BCUT2D eigenvalue weighted by molar-refractivity contribution is 5.80. The summed E-state index contributed by atoms with van der Waals surface area (Å²) in [6.07, 6.45) is 6.64. The van der Waals surface area contributed by atoms with E-state index in [1.165, 1.54) is 12.8 Å². The van der Waals surface area contributed by atoms with Gasteiger partial charge < -0.3 is 10.4 Å². The molecule has 0 aliphatic heterocycles. The molecule has 2 N–H and O–H groups in total. The van der Waals surface area contributed by atoms with E-state index in [4.69, 9.17) is 5.11 Å². The van der Waals surface area contributed by atoms with E-state index in [0.717, 1.165) is 38.1 Å². The van der Waals surface area contributed by atoms with Crippen LogP contribution in [0.25, 0.3) is 0 Å². The highest BCUT2D eigenvalue weighted by atomic mass is 16.4. The molecular formula is C13H21NO3. The first-order valence-corrected chi connectivity index (χ1v) is 6.67. The summed E-state index contributed by atoms with van der Waals surface area (Å²) in [4.78, 5) is 22.8. The van der Waals surface area contributed by atoms with Crippen molar-refractivity contribution in [2.75, 3.05) is 6.54 Å². The summed E-state index contributed by atoms with van der Waals surface area (Å²) in [5, 5.41) is 11.9. The molecule has 1 amide bonds. The van der Waals surface area contributed by atoms with Gasteiger partial charge in [-0.15, -0.1) is 0 Å². The van der Waals surface area contributed by atoms with Gasteiger partial charge in [-0.05, 0) is 31.6 Å². The number of hydrogen-bond donors (Lipinski definition) is 2. The molecule has 0 radical (unpaired) electrons. The number of carbonyl (C=O) groups excluding carboxylic acids is 1. The molecule has 2 rings (SSSR count). The zero-order valence-corrected chi connectivity index (χ0v) is 10.2. The highest BCUT2D eigenvalue weighted by Crippen LogP contribution is 2.32. The van der Waals surface area contributed by atoms with Gasteiger partial charge in [-0.3, -0.25) is 9.59 Å². The van der Waals surface area contributed by atoms with Crippen molar-refractivity contribution in [1.29, 1.82) is 0 Å². The Balaban J connectivity index is 1.71. The van der Waals surface area contributed by atoms with Crippen LogP contribution in [0.3, 0.4) is 0 Å². The fraction of sp³-hybridized carbons (Fsp3) is 0.846. The minimum atomic E-state index is -0.750. The van der Waals surface area contributed by atoms with Crippen molar-refractivity contribution < 1.29 is 14.7 Å². The van der Waals surface area contributed by atoms with Crippen LogP contribution in [0.1, 0.15) is 44.9 Å². The van der Waals surface area contributed by atoms with E-state index in [1.54, 1.807) is 0 Å². The van der Waals surface area contributed by atoms with Gasteiger partial charge in [0.05, 0.1) is 5.92 Å². The first-order chi connectivity index (χ1) is 8.16. The number of carboxylic acids is 1. The number of carboxylic acid groups (broad SMARTS) is 1. The fourth-order valence-electron chi connectivity index (χ4n) is 2.60. The summed E-state index contributed by atoms with van der Waals surface area (Å²) in [6, 6.07) is 0. The first-order valence-electron chi connectivity index (χ1n) is 6.67. The lowest BCUT2D eigenvalue weighted by molar-refractivity contribution is -0.144. The topological polar surface area (TPSA) is 66.4 Å². The predicted molar refractivity (Wildman–Crippen MR) is 63.4 cm³/mol. The molecule has 4 heteroatoms. The Morgan fingerprint density at radius 3 is 2.47 bits per heavy atom. The van der Waals surface area contributed by atoms with Crippen molar-refractivity contribution in [3.05, 3.63) is 0 Å². The average molecular weight is 239 g/mol. The summed E-state index contributed by atoms with van der Waals surface area (Å²) in [5.41, 5.74) is 0. The molecule has 0 aromatic heterocycles. The van der Waals surface area contributed by atoms with Crippen molar-refractivity contribution in [1.82, 2.24) is 5.32 Å². The van der Waals surface area contributed by atoms with Gasteiger partial charge in [-0.25, -0.2) is 0 Å². The number of carbonyl (C=O) groups is 2. The molecule has 2 unspecified atom stereocenters. The fourth-order valence-corrected chi connectivity index (χ4v) is 2.60. The molecule has 0 aromatic carbocycles. The normalized spacial score (nSPS) is 28.7. The van der Waals surface area contributed by atoms with Crippen LogP contribution in [0.15, 0.2) is 0 Å². The van der Waals surface area contributed by atoms with E-state index < -0.39 is 5.97 Å². The maximum Gasteiger partial charge on any atom is 0.306 e. The maximum absolute atomic E-state index is 11.9. The van der Waals surface area contributed by atoms with E-state index in [-0.39, 0.29) is 17.7 Å². The summed E-state index contributed by atoms with van der Waals surface area (Å²) in [5.74, 6) is -0.252. The summed E-state index contributed by atoms with van der Waals surface area (Å²) in [7, 11) is 0. The van der Waals surface area contributed by atoms with Crippen molar-refractivity contribution in [2.24, 2.45) is 17.8 Å². The maximum atomic E-state index is 11.9. The van der Waals surface area contributed by atoms with Crippen LogP contribution in [0, 0.1) is 17.8 Å². The van der Waals surface area contributed by atoms with Crippen molar-refractivity contribution >= 4 is 11.9 Å². The highest BCUT2D eigenvalue weighted by Gasteiger charge is 2.31. The second kappa shape index (κ2) is 5.52. The number of nitrogens with one attached hydrogen (secondary N) is 1. The SMILES string of the molecule is O=C(O)C1CCCC(C(=O)NCCC2CC2)C1. The predicted octanol–water partition coefficient (Wildman–Crippen LogP) is 1.79. The van der Waals surface area contributed by atoms with E-state index in [9.17, 15) is 9.59 Å². The molecule has 0 saturated heterocycles. The van der Waals surface area contributed by atoms with Gasteiger partial charge >= 0.3 is 5.97 Å². The molecule has 2 fully saturated rings. The molecular weight excluding hydrogens is 218 g/mol. The summed E-state index contributed by atoms with van der Waals surface area (Å²) < 4.78 is 0. The second-order valence-electron chi connectivity index (χ2n) is 5.42. The molecule has 2 atom stereocenters. The third kappa shape index (κ3) is 3.72. The van der Waals surface area contributed by atoms with Crippen LogP contribution < -0.4 is 5.32 Å². The Labute approximate surface area is 102 Å².